The molecule has 8 heteroatoms. The topological polar surface area (TPSA) is 46.9 Å². The van der Waals surface area contributed by atoms with Crippen LogP contribution in [0.4, 0.5) is 13.2 Å². The normalized spacial score (nSPS) is 27.5. The lowest BCUT2D eigenvalue weighted by atomic mass is 9.90. The summed E-state index contributed by atoms with van der Waals surface area (Å²) >= 11 is 0. The fourth-order valence-corrected chi connectivity index (χ4v) is 2.05. The second-order valence-corrected chi connectivity index (χ2v) is 5.07. The Balaban J connectivity index is 2.79. The largest absolute Gasteiger partial charge is 0.466 e. The molecule has 0 aromatic carbocycles. The quantitative estimate of drug-likeness (QED) is 0.577. The van der Waals surface area contributed by atoms with Gasteiger partial charge in [0, 0.05) is 25.6 Å². The van der Waals surface area contributed by atoms with E-state index in [2.05, 4.69) is 0 Å². The SMILES string of the molecule is CC(C)C(C)N1CCN(CB(O)O)C(F)(F)C1F. The maximum absolute atomic E-state index is 13.9. The third kappa shape index (κ3) is 3.17. The van der Waals surface area contributed by atoms with E-state index in [1.54, 1.807) is 6.92 Å². The fourth-order valence-electron chi connectivity index (χ4n) is 2.05. The molecule has 0 aromatic rings. The van der Waals surface area contributed by atoms with Crippen molar-refractivity contribution in [1.29, 1.82) is 0 Å². The Morgan fingerprint density at radius 3 is 2.28 bits per heavy atom. The average molecular weight is 268 g/mol. The fraction of sp³-hybridized carbons (Fsp3) is 1.00. The molecule has 0 amide bonds. The highest BCUT2D eigenvalue weighted by Gasteiger charge is 2.54. The second-order valence-electron chi connectivity index (χ2n) is 5.07. The standard InChI is InChI=1S/C10H20BF3N2O2/c1-7(2)8(3)16-5-4-15(6-11(17)18)10(13,14)9(16)12/h7-9,17-18H,4-6H2,1-3H3. The van der Waals surface area contributed by atoms with Crippen molar-refractivity contribution >= 4 is 7.12 Å². The summed E-state index contributed by atoms with van der Waals surface area (Å²) in [6.07, 6.45) is -3.08. The van der Waals surface area contributed by atoms with Crippen molar-refractivity contribution in [2.75, 3.05) is 19.5 Å². The first-order valence-electron chi connectivity index (χ1n) is 6.06. The zero-order valence-corrected chi connectivity index (χ0v) is 10.9. The smallest absolute Gasteiger partial charge is 0.426 e. The Morgan fingerprint density at radius 1 is 1.28 bits per heavy atom. The lowest BCUT2D eigenvalue weighted by Gasteiger charge is -2.46. The van der Waals surface area contributed by atoms with Gasteiger partial charge in [0.2, 0.25) is 6.30 Å². The molecule has 1 heterocycles. The Hall–Kier alpha value is -0.305. The number of rotatable bonds is 4. The molecule has 1 rings (SSSR count). The lowest BCUT2D eigenvalue weighted by molar-refractivity contribution is -0.259. The molecule has 1 saturated heterocycles. The van der Waals surface area contributed by atoms with Crippen LogP contribution in [0.1, 0.15) is 20.8 Å². The summed E-state index contributed by atoms with van der Waals surface area (Å²) in [5.74, 6) is 0.0639. The molecule has 0 aromatic heterocycles. The minimum Gasteiger partial charge on any atom is -0.426 e. The van der Waals surface area contributed by atoms with E-state index in [4.69, 9.17) is 10.0 Å². The molecule has 106 valence electrons. The first-order chi connectivity index (χ1) is 8.17. The van der Waals surface area contributed by atoms with Gasteiger partial charge in [-0.15, -0.1) is 0 Å². The summed E-state index contributed by atoms with van der Waals surface area (Å²) in [4.78, 5) is 1.61. The molecule has 1 aliphatic rings. The summed E-state index contributed by atoms with van der Waals surface area (Å²) in [6, 6.07) is -4.00. The lowest BCUT2D eigenvalue weighted by Crippen LogP contribution is -2.65. The number of hydrogen-bond acceptors (Lipinski definition) is 4. The van der Waals surface area contributed by atoms with E-state index in [0.717, 1.165) is 4.90 Å². The molecule has 1 fully saturated rings. The number of hydrogen-bond donors (Lipinski definition) is 2. The number of alkyl halides is 3. The third-order valence-electron chi connectivity index (χ3n) is 3.50. The summed E-state index contributed by atoms with van der Waals surface area (Å²) < 4.78 is 41.5. The number of nitrogens with zero attached hydrogens (tertiary/aromatic N) is 2. The molecule has 1 aliphatic heterocycles. The highest BCUT2D eigenvalue weighted by atomic mass is 19.3. The molecular weight excluding hydrogens is 248 g/mol. The first-order valence-corrected chi connectivity index (χ1v) is 6.06. The van der Waals surface area contributed by atoms with Crippen molar-refractivity contribution < 1.29 is 23.2 Å². The van der Waals surface area contributed by atoms with E-state index in [-0.39, 0.29) is 25.0 Å². The van der Waals surface area contributed by atoms with Gasteiger partial charge in [0.15, 0.2) is 0 Å². The van der Waals surface area contributed by atoms with Crippen molar-refractivity contribution in [3.63, 3.8) is 0 Å². The van der Waals surface area contributed by atoms with Gasteiger partial charge in [-0.3, -0.25) is 4.90 Å². The molecule has 18 heavy (non-hydrogen) atoms. The molecule has 0 saturated carbocycles. The Bertz CT molecular complexity index is 282. The molecule has 0 bridgehead atoms. The van der Waals surface area contributed by atoms with E-state index in [1.807, 2.05) is 13.8 Å². The Morgan fingerprint density at radius 2 is 1.83 bits per heavy atom. The Labute approximate surface area is 106 Å². The van der Waals surface area contributed by atoms with Crippen LogP contribution in [0, 0.1) is 5.92 Å². The van der Waals surface area contributed by atoms with Crippen LogP contribution in [0.2, 0.25) is 0 Å². The van der Waals surface area contributed by atoms with Gasteiger partial charge in [0.1, 0.15) is 0 Å². The maximum atomic E-state index is 13.9. The molecule has 4 nitrogen and oxygen atoms in total. The minimum absolute atomic E-state index is 0.0639. The van der Waals surface area contributed by atoms with Gasteiger partial charge in [-0.25, -0.2) is 9.29 Å². The van der Waals surface area contributed by atoms with Crippen LogP contribution in [0.25, 0.3) is 0 Å². The third-order valence-corrected chi connectivity index (χ3v) is 3.50. The molecule has 0 aliphatic carbocycles. The molecule has 0 spiro atoms. The van der Waals surface area contributed by atoms with Crippen LogP contribution in [-0.4, -0.2) is 64.9 Å². The zero-order valence-electron chi connectivity index (χ0n) is 10.9. The van der Waals surface area contributed by atoms with Crippen LogP contribution >= 0.6 is 0 Å². The van der Waals surface area contributed by atoms with Gasteiger partial charge in [-0.2, -0.15) is 8.78 Å². The second kappa shape index (κ2) is 5.77. The average Bonchev–Trinajstić information content (AvgIpc) is 2.24. The summed E-state index contributed by atoms with van der Waals surface area (Å²) in [7, 11) is -1.89. The van der Waals surface area contributed by atoms with E-state index in [9.17, 15) is 13.2 Å². The highest BCUT2D eigenvalue weighted by Crippen LogP contribution is 2.34. The molecule has 0 radical (unpaired) electrons. The maximum Gasteiger partial charge on any atom is 0.466 e. The summed E-state index contributed by atoms with van der Waals surface area (Å²) in [5, 5.41) is 17.5. The van der Waals surface area contributed by atoms with Crippen molar-refractivity contribution in [3.05, 3.63) is 0 Å². The van der Waals surface area contributed by atoms with Gasteiger partial charge in [-0.1, -0.05) is 13.8 Å². The van der Waals surface area contributed by atoms with Crippen molar-refractivity contribution in [2.45, 2.75) is 39.2 Å². The van der Waals surface area contributed by atoms with Crippen LogP contribution < -0.4 is 0 Å². The first kappa shape index (κ1) is 15.8. The predicted molar refractivity (Wildman–Crippen MR) is 62.6 cm³/mol. The van der Waals surface area contributed by atoms with Crippen LogP contribution in [0.15, 0.2) is 0 Å². The van der Waals surface area contributed by atoms with E-state index in [0.29, 0.717) is 4.90 Å². The van der Waals surface area contributed by atoms with E-state index in [1.165, 1.54) is 0 Å². The molecule has 2 atom stereocenters. The molecule has 2 unspecified atom stereocenters. The summed E-state index contributed by atoms with van der Waals surface area (Å²) in [6.45, 7) is 5.45. The number of piperazine rings is 1. The van der Waals surface area contributed by atoms with E-state index < -0.39 is 25.9 Å². The number of halogens is 3. The molecule has 2 N–H and O–H groups in total. The van der Waals surface area contributed by atoms with Gasteiger partial charge in [0.25, 0.3) is 0 Å². The minimum atomic E-state index is -3.70. The Kier molecular flexibility index (Phi) is 5.05. The van der Waals surface area contributed by atoms with E-state index >= 15 is 0 Å². The van der Waals surface area contributed by atoms with Crippen molar-refractivity contribution in [1.82, 2.24) is 9.80 Å². The van der Waals surface area contributed by atoms with Crippen molar-refractivity contribution in [2.24, 2.45) is 5.92 Å². The monoisotopic (exact) mass is 268 g/mol. The van der Waals surface area contributed by atoms with Gasteiger partial charge in [0.05, 0.1) is 0 Å². The highest BCUT2D eigenvalue weighted by molar-refractivity contribution is 6.41. The van der Waals surface area contributed by atoms with Gasteiger partial charge >= 0.3 is 13.2 Å². The molecular formula is C10H20BF3N2O2. The summed E-state index contributed by atoms with van der Waals surface area (Å²) in [5.41, 5.74) is 0. The van der Waals surface area contributed by atoms with Crippen LogP contribution in [0.3, 0.4) is 0 Å². The van der Waals surface area contributed by atoms with Crippen molar-refractivity contribution in [3.8, 4) is 0 Å². The van der Waals surface area contributed by atoms with Gasteiger partial charge < -0.3 is 10.0 Å². The zero-order chi connectivity index (χ0) is 14.1. The predicted octanol–water partition coefficient (Wildman–Crippen LogP) is 0.549. The van der Waals surface area contributed by atoms with Gasteiger partial charge in [-0.05, 0) is 12.8 Å². The van der Waals surface area contributed by atoms with Crippen LogP contribution in [0.5, 0.6) is 0 Å². The van der Waals surface area contributed by atoms with Crippen LogP contribution in [-0.2, 0) is 0 Å².